The summed E-state index contributed by atoms with van der Waals surface area (Å²) < 4.78 is 16.4. The highest BCUT2D eigenvalue weighted by atomic mass is 35.5. The van der Waals surface area contributed by atoms with Gasteiger partial charge in [-0.25, -0.2) is 0 Å². The number of benzene rings is 2. The molecule has 0 radical (unpaired) electrons. The van der Waals surface area contributed by atoms with Crippen molar-refractivity contribution in [3.05, 3.63) is 58.2 Å². The summed E-state index contributed by atoms with van der Waals surface area (Å²) in [5.74, 6) is 1.32. The van der Waals surface area contributed by atoms with Gasteiger partial charge in [-0.2, -0.15) is 0 Å². The van der Waals surface area contributed by atoms with Crippen molar-refractivity contribution >= 4 is 23.2 Å². The van der Waals surface area contributed by atoms with Crippen LogP contribution < -0.4 is 14.8 Å². The van der Waals surface area contributed by atoms with Gasteiger partial charge >= 0.3 is 0 Å². The van der Waals surface area contributed by atoms with E-state index in [9.17, 15) is 4.79 Å². The van der Waals surface area contributed by atoms with Crippen molar-refractivity contribution in [2.75, 3.05) is 12.4 Å². The number of hydrogen-bond acceptors (Lipinski definition) is 5. The van der Waals surface area contributed by atoms with E-state index >= 15 is 0 Å². The van der Waals surface area contributed by atoms with Crippen molar-refractivity contribution in [1.29, 1.82) is 0 Å². The quantitative estimate of drug-likeness (QED) is 0.737. The standard InChI is InChI=1S/C19H15ClN2O4/c1-10-7-14(16(24-2)8-13(10)20)21-19(23)17-12-9-25-15-6-4-3-5-11(15)18(12)26-22-17/h3-8H,9H2,1-2H3,(H,21,23). The first-order chi connectivity index (χ1) is 12.6. The van der Waals surface area contributed by atoms with Gasteiger partial charge in [-0.05, 0) is 30.7 Å². The molecule has 0 unspecified atom stereocenters. The minimum Gasteiger partial charge on any atom is -0.495 e. The van der Waals surface area contributed by atoms with Crippen LogP contribution in [-0.4, -0.2) is 18.2 Å². The van der Waals surface area contributed by atoms with Crippen LogP contribution in [0.5, 0.6) is 11.5 Å². The van der Waals surface area contributed by atoms with E-state index in [1.165, 1.54) is 7.11 Å². The van der Waals surface area contributed by atoms with E-state index in [-0.39, 0.29) is 12.3 Å². The Labute approximate surface area is 154 Å². The minimum atomic E-state index is -0.405. The number of carbonyl (C=O) groups excluding carboxylic acids is 1. The Morgan fingerprint density at radius 3 is 2.92 bits per heavy atom. The summed E-state index contributed by atoms with van der Waals surface area (Å²) in [5.41, 5.74) is 2.91. The number of amides is 1. The molecule has 1 aliphatic rings. The highest BCUT2D eigenvalue weighted by Crippen LogP contribution is 2.39. The molecule has 2 heterocycles. The number of nitrogens with one attached hydrogen (secondary N) is 1. The molecule has 0 saturated carbocycles. The van der Waals surface area contributed by atoms with E-state index < -0.39 is 5.91 Å². The van der Waals surface area contributed by atoms with Crippen molar-refractivity contribution in [3.8, 4) is 22.8 Å². The molecule has 0 fully saturated rings. The van der Waals surface area contributed by atoms with Gasteiger partial charge in [0.2, 0.25) is 0 Å². The summed E-state index contributed by atoms with van der Waals surface area (Å²) >= 11 is 6.11. The van der Waals surface area contributed by atoms with Gasteiger partial charge in [-0.1, -0.05) is 28.9 Å². The van der Waals surface area contributed by atoms with Crippen LogP contribution in [-0.2, 0) is 6.61 Å². The molecule has 0 spiro atoms. The van der Waals surface area contributed by atoms with Crippen molar-refractivity contribution in [3.63, 3.8) is 0 Å². The predicted molar refractivity (Wildman–Crippen MR) is 97.0 cm³/mol. The fourth-order valence-electron chi connectivity index (χ4n) is 2.87. The number of fused-ring (bicyclic) bond motifs is 3. The maximum absolute atomic E-state index is 12.7. The Hall–Kier alpha value is -2.99. The second-order valence-electron chi connectivity index (χ2n) is 5.88. The SMILES string of the molecule is COc1cc(Cl)c(C)cc1NC(=O)c1noc2c1COc1ccccc1-2. The van der Waals surface area contributed by atoms with E-state index in [0.29, 0.717) is 33.5 Å². The number of para-hydroxylation sites is 1. The number of carbonyl (C=O) groups is 1. The van der Waals surface area contributed by atoms with Crippen LogP contribution in [0, 0.1) is 6.92 Å². The number of ether oxygens (including phenoxy) is 2. The molecule has 0 saturated heterocycles. The van der Waals surface area contributed by atoms with Crippen molar-refractivity contribution in [1.82, 2.24) is 5.16 Å². The number of halogens is 1. The molecule has 2 aromatic carbocycles. The predicted octanol–water partition coefficient (Wildman–Crippen LogP) is 4.46. The summed E-state index contributed by atoms with van der Waals surface area (Å²) in [6, 6.07) is 10.9. The summed E-state index contributed by atoms with van der Waals surface area (Å²) in [6.45, 7) is 2.07. The minimum absolute atomic E-state index is 0.184. The molecule has 6 nitrogen and oxygen atoms in total. The first kappa shape index (κ1) is 16.5. The number of hydrogen-bond donors (Lipinski definition) is 1. The van der Waals surface area contributed by atoms with Crippen molar-refractivity contribution in [2.45, 2.75) is 13.5 Å². The maximum Gasteiger partial charge on any atom is 0.278 e. The van der Waals surface area contributed by atoms with Crippen LogP contribution in [0.15, 0.2) is 40.9 Å². The average Bonchev–Trinajstić information content (AvgIpc) is 3.09. The number of methoxy groups -OCH3 is 1. The summed E-state index contributed by atoms with van der Waals surface area (Å²) in [4.78, 5) is 12.7. The van der Waals surface area contributed by atoms with Gasteiger partial charge in [0.15, 0.2) is 11.5 Å². The van der Waals surface area contributed by atoms with Gasteiger partial charge < -0.3 is 19.3 Å². The van der Waals surface area contributed by atoms with Gasteiger partial charge in [0, 0.05) is 11.1 Å². The van der Waals surface area contributed by atoms with Gasteiger partial charge in [0.1, 0.15) is 18.1 Å². The summed E-state index contributed by atoms with van der Waals surface area (Å²) in [5, 5.41) is 7.32. The molecule has 1 N–H and O–H groups in total. The van der Waals surface area contributed by atoms with Crippen LogP contribution in [0.4, 0.5) is 5.69 Å². The zero-order valence-electron chi connectivity index (χ0n) is 14.1. The second-order valence-corrected chi connectivity index (χ2v) is 6.29. The molecule has 1 amide bonds. The van der Waals surface area contributed by atoms with E-state index in [1.807, 2.05) is 31.2 Å². The fourth-order valence-corrected chi connectivity index (χ4v) is 3.03. The third kappa shape index (κ3) is 2.68. The van der Waals surface area contributed by atoms with E-state index in [1.54, 1.807) is 12.1 Å². The zero-order valence-corrected chi connectivity index (χ0v) is 14.9. The molecule has 0 bridgehead atoms. The Morgan fingerprint density at radius 1 is 1.31 bits per heavy atom. The van der Waals surface area contributed by atoms with Crippen LogP contribution in [0.25, 0.3) is 11.3 Å². The summed E-state index contributed by atoms with van der Waals surface area (Å²) in [6.07, 6.45) is 0. The molecule has 3 aromatic rings. The van der Waals surface area contributed by atoms with Gasteiger partial charge in [0.05, 0.1) is 23.9 Å². The highest BCUT2D eigenvalue weighted by molar-refractivity contribution is 6.31. The fraction of sp³-hybridized carbons (Fsp3) is 0.158. The van der Waals surface area contributed by atoms with E-state index in [2.05, 4.69) is 10.5 Å². The molecule has 4 rings (SSSR count). The summed E-state index contributed by atoms with van der Waals surface area (Å²) in [7, 11) is 1.51. The van der Waals surface area contributed by atoms with Crippen LogP contribution in [0.3, 0.4) is 0 Å². The maximum atomic E-state index is 12.7. The van der Waals surface area contributed by atoms with Gasteiger partial charge in [-0.15, -0.1) is 0 Å². The highest BCUT2D eigenvalue weighted by Gasteiger charge is 2.29. The lowest BCUT2D eigenvalue weighted by Gasteiger charge is -2.16. The van der Waals surface area contributed by atoms with E-state index in [4.69, 9.17) is 25.6 Å². The third-order valence-electron chi connectivity index (χ3n) is 4.24. The van der Waals surface area contributed by atoms with Crippen molar-refractivity contribution in [2.24, 2.45) is 0 Å². The van der Waals surface area contributed by atoms with Crippen LogP contribution in [0.2, 0.25) is 5.02 Å². The van der Waals surface area contributed by atoms with Crippen molar-refractivity contribution < 1.29 is 18.8 Å². The molecule has 7 heteroatoms. The monoisotopic (exact) mass is 370 g/mol. The molecule has 1 aromatic heterocycles. The molecule has 1 aliphatic heterocycles. The number of aromatic nitrogens is 1. The Bertz CT molecular complexity index is 1010. The molecule has 132 valence electrons. The normalized spacial score (nSPS) is 12.0. The molecular formula is C19H15ClN2O4. The Kier molecular flexibility index (Phi) is 4.05. The lowest BCUT2D eigenvalue weighted by molar-refractivity contribution is 0.101. The zero-order chi connectivity index (χ0) is 18.3. The molecule has 0 atom stereocenters. The molecule has 0 aliphatic carbocycles. The topological polar surface area (TPSA) is 73.6 Å². The third-order valence-corrected chi connectivity index (χ3v) is 4.64. The van der Waals surface area contributed by atoms with Crippen LogP contribution in [0.1, 0.15) is 21.6 Å². The Morgan fingerprint density at radius 2 is 2.12 bits per heavy atom. The number of aryl methyl sites for hydroxylation is 1. The number of anilines is 1. The average molecular weight is 371 g/mol. The lowest BCUT2D eigenvalue weighted by Crippen LogP contribution is -2.17. The lowest BCUT2D eigenvalue weighted by atomic mass is 10.0. The van der Waals surface area contributed by atoms with Gasteiger partial charge in [-0.3, -0.25) is 4.79 Å². The first-order valence-corrected chi connectivity index (χ1v) is 8.32. The largest absolute Gasteiger partial charge is 0.495 e. The van der Waals surface area contributed by atoms with Crippen LogP contribution >= 0.6 is 11.6 Å². The number of rotatable bonds is 3. The smallest absolute Gasteiger partial charge is 0.278 e. The second kappa shape index (κ2) is 6.38. The first-order valence-electron chi connectivity index (χ1n) is 7.94. The van der Waals surface area contributed by atoms with E-state index in [0.717, 1.165) is 11.1 Å². The van der Waals surface area contributed by atoms with Gasteiger partial charge in [0.25, 0.3) is 5.91 Å². The molecular weight excluding hydrogens is 356 g/mol. The molecule has 26 heavy (non-hydrogen) atoms. The number of nitrogens with zero attached hydrogens (tertiary/aromatic N) is 1. The Balaban J connectivity index is 1.68.